The summed E-state index contributed by atoms with van der Waals surface area (Å²) < 4.78 is 0. The van der Waals surface area contributed by atoms with Gasteiger partial charge in [-0.1, -0.05) is 48.0 Å². The third-order valence-corrected chi connectivity index (χ3v) is 4.01. The van der Waals surface area contributed by atoms with Crippen LogP contribution in [0.3, 0.4) is 0 Å². The first kappa shape index (κ1) is 13.2. The fraction of sp³-hybridized carbons (Fsp3) is 0.235. The summed E-state index contributed by atoms with van der Waals surface area (Å²) in [6.07, 6.45) is 1.39. The molecular formula is C17H16ClNO. The molecular weight excluding hydrogens is 270 g/mol. The number of hydrogen-bond donors (Lipinski definition) is 0. The summed E-state index contributed by atoms with van der Waals surface area (Å²) in [7, 11) is 0. The molecule has 0 saturated heterocycles. The summed E-state index contributed by atoms with van der Waals surface area (Å²) in [6.45, 7) is 1.48. The van der Waals surface area contributed by atoms with Crippen molar-refractivity contribution in [3.8, 4) is 0 Å². The van der Waals surface area contributed by atoms with E-state index in [1.54, 1.807) is 0 Å². The molecule has 1 aliphatic heterocycles. The zero-order valence-electron chi connectivity index (χ0n) is 11.2. The molecule has 1 aliphatic rings. The van der Waals surface area contributed by atoms with E-state index in [1.165, 1.54) is 16.7 Å². The molecule has 3 heteroatoms. The van der Waals surface area contributed by atoms with Crippen molar-refractivity contribution in [2.45, 2.75) is 19.4 Å². The molecule has 1 amide bonds. The Balaban J connectivity index is 1.66. The van der Waals surface area contributed by atoms with Gasteiger partial charge in [0.15, 0.2) is 0 Å². The molecule has 102 valence electrons. The standard InChI is InChI=1S/C17H16ClNO/c18-16-7-5-13(6-8-16)9-10-19-12-15-4-2-1-3-14(15)11-17(19)20/h1-8H,9-12H2. The first-order valence-corrected chi connectivity index (χ1v) is 7.19. The molecule has 0 unspecified atom stereocenters. The lowest BCUT2D eigenvalue weighted by Gasteiger charge is -2.28. The van der Waals surface area contributed by atoms with Crippen LogP contribution in [-0.4, -0.2) is 17.4 Å². The summed E-state index contributed by atoms with van der Waals surface area (Å²) in [5.41, 5.74) is 3.64. The van der Waals surface area contributed by atoms with Crippen molar-refractivity contribution in [2.75, 3.05) is 6.54 Å². The average Bonchev–Trinajstić information content (AvgIpc) is 2.47. The average molecular weight is 286 g/mol. The lowest BCUT2D eigenvalue weighted by Crippen LogP contribution is -2.37. The van der Waals surface area contributed by atoms with E-state index in [1.807, 2.05) is 47.4 Å². The molecule has 2 nitrogen and oxygen atoms in total. The Morgan fingerprint density at radius 3 is 2.45 bits per heavy atom. The summed E-state index contributed by atoms with van der Waals surface area (Å²) in [5.74, 6) is 0.220. The fourth-order valence-corrected chi connectivity index (χ4v) is 2.70. The molecule has 2 aromatic rings. The SMILES string of the molecule is O=C1Cc2ccccc2CN1CCc1ccc(Cl)cc1. The van der Waals surface area contributed by atoms with Crippen molar-refractivity contribution >= 4 is 17.5 Å². The number of hydrogen-bond acceptors (Lipinski definition) is 1. The third-order valence-electron chi connectivity index (χ3n) is 3.76. The van der Waals surface area contributed by atoms with Gasteiger partial charge in [-0.2, -0.15) is 0 Å². The number of carbonyl (C=O) groups is 1. The van der Waals surface area contributed by atoms with Crippen molar-refractivity contribution in [3.05, 3.63) is 70.2 Å². The summed E-state index contributed by atoms with van der Waals surface area (Å²) in [6, 6.07) is 16.0. The summed E-state index contributed by atoms with van der Waals surface area (Å²) >= 11 is 5.88. The Hall–Kier alpha value is -1.80. The van der Waals surface area contributed by atoms with Crippen LogP contribution < -0.4 is 0 Å². The number of halogens is 1. The maximum atomic E-state index is 12.1. The highest BCUT2D eigenvalue weighted by molar-refractivity contribution is 6.30. The minimum absolute atomic E-state index is 0.220. The maximum absolute atomic E-state index is 12.1. The van der Waals surface area contributed by atoms with Crippen LogP contribution in [0.2, 0.25) is 5.02 Å². The minimum atomic E-state index is 0.220. The van der Waals surface area contributed by atoms with Gasteiger partial charge in [0.1, 0.15) is 0 Å². The van der Waals surface area contributed by atoms with Crippen LogP contribution in [-0.2, 0) is 24.2 Å². The molecule has 0 saturated carbocycles. The fourth-order valence-electron chi connectivity index (χ4n) is 2.57. The number of rotatable bonds is 3. The topological polar surface area (TPSA) is 20.3 Å². The largest absolute Gasteiger partial charge is 0.338 e. The molecule has 3 rings (SSSR count). The summed E-state index contributed by atoms with van der Waals surface area (Å²) in [5, 5.41) is 0.747. The zero-order valence-corrected chi connectivity index (χ0v) is 11.9. The molecule has 0 radical (unpaired) electrons. The van der Waals surface area contributed by atoms with E-state index in [9.17, 15) is 4.79 Å². The molecule has 0 fully saturated rings. The number of nitrogens with zero attached hydrogens (tertiary/aromatic N) is 1. The Morgan fingerprint density at radius 2 is 1.70 bits per heavy atom. The van der Waals surface area contributed by atoms with Gasteiger partial charge in [-0.25, -0.2) is 0 Å². The second kappa shape index (κ2) is 5.68. The van der Waals surface area contributed by atoms with E-state index in [0.717, 1.165) is 24.5 Å². The van der Waals surface area contributed by atoms with Crippen molar-refractivity contribution in [1.29, 1.82) is 0 Å². The third kappa shape index (κ3) is 2.86. The molecule has 1 heterocycles. The quantitative estimate of drug-likeness (QED) is 0.846. The highest BCUT2D eigenvalue weighted by Gasteiger charge is 2.21. The van der Waals surface area contributed by atoms with E-state index in [2.05, 4.69) is 6.07 Å². The Kier molecular flexibility index (Phi) is 3.75. The minimum Gasteiger partial charge on any atom is -0.338 e. The molecule has 0 spiro atoms. The van der Waals surface area contributed by atoms with E-state index in [4.69, 9.17) is 11.6 Å². The predicted molar refractivity (Wildman–Crippen MR) is 80.7 cm³/mol. The van der Waals surface area contributed by atoms with Crippen LogP contribution in [0.5, 0.6) is 0 Å². The van der Waals surface area contributed by atoms with Crippen molar-refractivity contribution < 1.29 is 4.79 Å². The monoisotopic (exact) mass is 285 g/mol. The molecule has 0 aliphatic carbocycles. The van der Waals surface area contributed by atoms with Crippen molar-refractivity contribution in [3.63, 3.8) is 0 Å². The van der Waals surface area contributed by atoms with Gasteiger partial charge in [-0.3, -0.25) is 4.79 Å². The van der Waals surface area contributed by atoms with Gasteiger partial charge in [0, 0.05) is 18.1 Å². The van der Waals surface area contributed by atoms with Gasteiger partial charge in [-0.05, 0) is 35.2 Å². The van der Waals surface area contributed by atoms with Crippen molar-refractivity contribution in [1.82, 2.24) is 4.90 Å². The summed E-state index contributed by atoms with van der Waals surface area (Å²) in [4.78, 5) is 14.1. The molecule has 0 N–H and O–H groups in total. The van der Waals surface area contributed by atoms with Gasteiger partial charge in [0.05, 0.1) is 6.42 Å². The van der Waals surface area contributed by atoms with Crippen LogP contribution in [0.15, 0.2) is 48.5 Å². The van der Waals surface area contributed by atoms with Gasteiger partial charge >= 0.3 is 0 Å². The van der Waals surface area contributed by atoms with Crippen LogP contribution >= 0.6 is 11.6 Å². The molecule has 0 bridgehead atoms. The number of carbonyl (C=O) groups excluding carboxylic acids is 1. The molecule has 0 aromatic heterocycles. The Labute approximate surface area is 124 Å². The van der Waals surface area contributed by atoms with E-state index < -0.39 is 0 Å². The molecule has 2 aromatic carbocycles. The van der Waals surface area contributed by atoms with Crippen LogP contribution in [0, 0.1) is 0 Å². The van der Waals surface area contributed by atoms with Gasteiger partial charge in [-0.15, -0.1) is 0 Å². The van der Waals surface area contributed by atoms with E-state index in [-0.39, 0.29) is 5.91 Å². The van der Waals surface area contributed by atoms with Gasteiger partial charge < -0.3 is 4.90 Å². The normalized spacial score (nSPS) is 14.2. The van der Waals surface area contributed by atoms with Crippen LogP contribution in [0.1, 0.15) is 16.7 Å². The van der Waals surface area contributed by atoms with E-state index >= 15 is 0 Å². The zero-order chi connectivity index (χ0) is 13.9. The van der Waals surface area contributed by atoms with Crippen LogP contribution in [0.4, 0.5) is 0 Å². The molecule has 20 heavy (non-hydrogen) atoms. The predicted octanol–water partition coefficient (Wildman–Crippen LogP) is 3.47. The number of amides is 1. The highest BCUT2D eigenvalue weighted by Crippen LogP contribution is 2.20. The van der Waals surface area contributed by atoms with Crippen LogP contribution in [0.25, 0.3) is 0 Å². The lowest BCUT2D eigenvalue weighted by atomic mass is 9.99. The number of fused-ring (bicyclic) bond motifs is 1. The number of benzene rings is 2. The van der Waals surface area contributed by atoms with Gasteiger partial charge in [0.25, 0.3) is 0 Å². The van der Waals surface area contributed by atoms with Gasteiger partial charge in [0.2, 0.25) is 5.91 Å². The second-order valence-electron chi connectivity index (χ2n) is 5.14. The first-order chi connectivity index (χ1) is 9.72. The molecule has 0 atom stereocenters. The lowest BCUT2D eigenvalue weighted by molar-refractivity contribution is -0.131. The first-order valence-electron chi connectivity index (χ1n) is 6.81. The highest BCUT2D eigenvalue weighted by atomic mass is 35.5. The van der Waals surface area contributed by atoms with E-state index in [0.29, 0.717) is 6.42 Å². The van der Waals surface area contributed by atoms with Crippen molar-refractivity contribution in [2.24, 2.45) is 0 Å². The smallest absolute Gasteiger partial charge is 0.227 e. The maximum Gasteiger partial charge on any atom is 0.227 e. The Morgan fingerprint density at radius 1 is 1.00 bits per heavy atom. The Bertz CT molecular complexity index is 621. The second-order valence-corrected chi connectivity index (χ2v) is 5.57.